The van der Waals surface area contributed by atoms with Crippen LogP contribution in [0.3, 0.4) is 0 Å². The van der Waals surface area contributed by atoms with Crippen molar-refractivity contribution >= 4 is 39.3 Å². The molecule has 2 heterocycles. The summed E-state index contributed by atoms with van der Waals surface area (Å²) >= 11 is 2.33. The van der Waals surface area contributed by atoms with Gasteiger partial charge < -0.3 is 14.8 Å². The molecule has 0 spiro atoms. The third-order valence-corrected chi connectivity index (χ3v) is 4.79. The van der Waals surface area contributed by atoms with Crippen LogP contribution < -0.4 is 14.8 Å². The van der Waals surface area contributed by atoms with Crippen LogP contribution in [0.1, 0.15) is 19.4 Å². The molecule has 1 N–H and O–H groups in total. The van der Waals surface area contributed by atoms with Gasteiger partial charge in [0.2, 0.25) is 0 Å². The number of benzene rings is 1. The lowest BCUT2D eigenvalue weighted by molar-refractivity contribution is 0.411. The van der Waals surface area contributed by atoms with Gasteiger partial charge in [0.05, 0.1) is 31.1 Å². The molecule has 0 saturated heterocycles. The summed E-state index contributed by atoms with van der Waals surface area (Å²) in [6.07, 6.45) is 0. The summed E-state index contributed by atoms with van der Waals surface area (Å²) in [7, 11) is 3.36. The molecule has 6 heteroatoms. The van der Waals surface area contributed by atoms with E-state index in [0.29, 0.717) is 6.04 Å². The number of nitrogens with zero attached hydrogens (tertiary/aromatic N) is 2. The molecule has 2 aromatic heterocycles. The first-order chi connectivity index (χ1) is 12.6. The van der Waals surface area contributed by atoms with Gasteiger partial charge in [-0.15, -0.1) is 0 Å². The van der Waals surface area contributed by atoms with Crippen LogP contribution in [-0.4, -0.2) is 30.2 Å². The van der Waals surface area contributed by atoms with Gasteiger partial charge >= 0.3 is 0 Å². The lowest BCUT2D eigenvalue weighted by atomic mass is 10.1. The van der Waals surface area contributed by atoms with Gasteiger partial charge in [-0.3, -0.25) is 0 Å². The Kier molecular flexibility index (Phi) is 5.80. The Morgan fingerprint density at radius 2 is 1.77 bits per heavy atom. The van der Waals surface area contributed by atoms with Gasteiger partial charge in [0.25, 0.3) is 0 Å². The summed E-state index contributed by atoms with van der Waals surface area (Å²) in [5, 5.41) is 4.30. The molecule has 0 saturated carbocycles. The van der Waals surface area contributed by atoms with Crippen molar-refractivity contribution in [3.8, 4) is 22.9 Å². The molecule has 0 bridgehead atoms. The lowest BCUT2D eigenvalue weighted by Gasteiger charge is -2.14. The number of methoxy groups -OCH3 is 2. The van der Waals surface area contributed by atoms with Crippen LogP contribution in [0.2, 0.25) is 0 Å². The molecule has 0 amide bonds. The van der Waals surface area contributed by atoms with Gasteiger partial charge in [-0.05, 0) is 38.1 Å². The van der Waals surface area contributed by atoms with Gasteiger partial charge in [0, 0.05) is 27.5 Å². The largest absolute Gasteiger partial charge is 0.496 e. The van der Waals surface area contributed by atoms with Crippen molar-refractivity contribution in [2.45, 2.75) is 24.3 Å². The first kappa shape index (κ1) is 18.7. The minimum Gasteiger partial charge on any atom is -0.496 e. The number of hydrogen-bond acceptors (Lipinski definition) is 5. The fourth-order valence-electron chi connectivity index (χ4n) is 2.87. The number of pyridine rings is 2. The fraction of sp³-hybridized carbons (Fsp3) is 0.300. The Balaban J connectivity index is 2.21. The molecule has 0 fully saturated rings. The van der Waals surface area contributed by atoms with E-state index in [0.717, 1.165) is 49.6 Å². The molecule has 0 unspecified atom stereocenters. The standard InChI is InChI=1S/C20H22IN3O2/c1-12(2)22-19-7-5-6-15(23-19)16-10-18(26-4)13-8-9-17(25-3)14(11-21)20(13)24-16/h5-10,12H,11H2,1-4H3,(H,22,23). The fourth-order valence-corrected chi connectivity index (χ4v) is 3.61. The summed E-state index contributed by atoms with van der Waals surface area (Å²) in [6, 6.07) is 12.1. The Bertz CT molecular complexity index is 928. The third-order valence-electron chi connectivity index (χ3n) is 4.03. The molecule has 3 rings (SSSR count). The molecule has 0 aliphatic rings. The quantitative estimate of drug-likeness (QED) is 0.409. The molecule has 136 valence electrons. The minimum atomic E-state index is 0.312. The van der Waals surface area contributed by atoms with Crippen LogP contribution in [0.25, 0.3) is 22.3 Å². The van der Waals surface area contributed by atoms with Crippen molar-refractivity contribution < 1.29 is 9.47 Å². The number of anilines is 1. The zero-order valence-electron chi connectivity index (χ0n) is 15.3. The highest BCUT2D eigenvalue weighted by Gasteiger charge is 2.15. The number of hydrogen-bond donors (Lipinski definition) is 1. The van der Waals surface area contributed by atoms with E-state index in [1.807, 2.05) is 36.4 Å². The number of alkyl halides is 1. The number of nitrogens with one attached hydrogen (secondary N) is 1. The average Bonchev–Trinajstić information content (AvgIpc) is 2.65. The van der Waals surface area contributed by atoms with Crippen LogP contribution in [0.5, 0.6) is 11.5 Å². The maximum Gasteiger partial charge on any atom is 0.130 e. The van der Waals surface area contributed by atoms with E-state index in [-0.39, 0.29) is 0 Å². The average molecular weight is 463 g/mol. The Morgan fingerprint density at radius 3 is 2.42 bits per heavy atom. The van der Waals surface area contributed by atoms with Crippen molar-refractivity contribution in [2.24, 2.45) is 0 Å². The lowest BCUT2D eigenvalue weighted by Crippen LogP contribution is -2.11. The SMILES string of the molecule is COc1ccc2c(OC)cc(-c3cccc(NC(C)C)n3)nc2c1CI. The van der Waals surface area contributed by atoms with Crippen LogP contribution in [-0.2, 0) is 4.43 Å². The highest BCUT2D eigenvalue weighted by Crippen LogP contribution is 2.36. The third kappa shape index (κ3) is 3.70. The number of halogens is 1. The minimum absolute atomic E-state index is 0.312. The smallest absolute Gasteiger partial charge is 0.130 e. The van der Waals surface area contributed by atoms with Gasteiger partial charge in [-0.2, -0.15) is 0 Å². The maximum absolute atomic E-state index is 5.63. The van der Waals surface area contributed by atoms with E-state index in [2.05, 4.69) is 41.8 Å². The Labute approximate surface area is 167 Å². The normalized spacial score (nSPS) is 11.0. The summed E-state index contributed by atoms with van der Waals surface area (Å²) in [4.78, 5) is 9.60. The topological polar surface area (TPSA) is 56.3 Å². The van der Waals surface area contributed by atoms with Crippen molar-refractivity contribution in [3.05, 3.63) is 42.0 Å². The van der Waals surface area contributed by atoms with Crippen molar-refractivity contribution in [3.63, 3.8) is 0 Å². The van der Waals surface area contributed by atoms with Crippen molar-refractivity contribution in [1.29, 1.82) is 0 Å². The maximum atomic E-state index is 5.63. The second-order valence-electron chi connectivity index (χ2n) is 6.19. The second kappa shape index (κ2) is 8.07. The monoisotopic (exact) mass is 463 g/mol. The van der Waals surface area contributed by atoms with E-state index in [1.54, 1.807) is 14.2 Å². The summed E-state index contributed by atoms with van der Waals surface area (Å²) < 4.78 is 11.9. The molecule has 3 aromatic rings. The van der Waals surface area contributed by atoms with Crippen molar-refractivity contribution in [1.82, 2.24) is 9.97 Å². The first-order valence-electron chi connectivity index (χ1n) is 8.42. The number of aromatic nitrogens is 2. The Hall–Kier alpha value is -2.09. The molecule has 0 aliphatic carbocycles. The van der Waals surface area contributed by atoms with Gasteiger partial charge in [-0.25, -0.2) is 9.97 Å². The first-order valence-corrected chi connectivity index (χ1v) is 9.94. The van der Waals surface area contributed by atoms with Crippen LogP contribution in [0.4, 0.5) is 5.82 Å². The predicted octanol–water partition coefficient (Wildman–Crippen LogP) is 5.07. The van der Waals surface area contributed by atoms with Gasteiger partial charge in [-0.1, -0.05) is 28.7 Å². The van der Waals surface area contributed by atoms with Crippen LogP contribution in [0.15, 0.2) is 36.4 Å². The summed E-state index contributed by atoms with van der Waals surface area (Å²) in [5.74, 6) is 2.45. The van der Waals surface area contributed by atoms with Crippen molar-refractivity contribution in [2.75, 3.05) is 19.5 Å². The predicted molar refractivity (Wildman–Crippen MR) is 115 cm³/mol. The van der Waals surface area contributed by atoms with E-state index >= 15 is 0 Å². The molecule has 0 atom stereocenters. The van der Waals surface area contributed by atoms with Crippen LogP contribution in [0, 0.1) is 0 Å². The zero-order valence-corrected chi connectivity index (χ0v) is 17.5. The molecule has 0 radical (unpaired) electrons. The number of rotatable bonds is 6. The second-order valence-corrected chi connectivity index (χ2v) is 6.96. The molecule has 0 aliphatic heterocycles. The summed E-state index contributed by atoms with van der Waals surface area (Å²) in [5.41, 5.74) is 3.53. The summed E-state index contributed by atoms with van der Waals surface area (Å²) in [6.45, 7) is 4.18. The highest BCUT2D eigenvalue weighted by molar-refractivity contribution is 14.1. The number of fused-ring (bicyclic) bond motifs is 1. The molecule has 5 nitrogen and oxygen atoms in total. The van der Waals surface area contributed by atoms with E-state index < -0.39 is 0 Å². The van der Waals surface area contributed by atoms with Crippen LogP contribution >= 0.6 is 22.6 Å². The van der Waals surface area contributed by atoms with E-state index in [9.17, 15) is 0 Å². The van der Waals surface area contributed by atoms with Gasteiger partial charge in [0.1, 0.15) is 17.3 Å². The molecule has 26 heavy (non-hydrogen) atoms. The Morgan fingerprint density at radius 1 is 1.00 bits per heavy atom. The van der Waals surface area contributed by atoms with Gasteiger partial charge in [0.15, 0.2) is 0 Å². The molecular weight excluding hydrogens is 441 g/mol. The van der Waals surface area contributed by atoms with E-state index in [4.69, 9.17) is 19.4 Å². The molecular formula is C20H22IN3O2. The number of ether oxygens (including phenoxy) is 2. The highest BCUT2D eigenvalue weighted by atomic mass is 127. The van der Waals surface area contributed by atoms with E-state index in [1.165, 1.54) is 0 Å². The zero-order chi connectivity index (χ0) is 18.7. The molecule has 1 aromatic carbocycles.